The topological polar surface area (TPSA) is 60.8 Å². The summed E-state index contributed by atoms with van der Waals surface area (Å²) >= 11 is 0. The number of aliphatic carboxylic acids is 1. The van der Waals surface area contributed by atoms with Crippen LogP contribution in [0, 0.1) is 0 Å². The minimum Gasteiger partial charge on any atom is -0.481 e. The van der Waals surface area contributed by atoms with Gasteiger partial charge in [-0.15, -0.1) is 0 Å². The number of aliphatic hydroxyl groups is 1. The van der Waals surface area contributed by atoms with Crippen molar-refractivity contribution in [1.29, 1.82) is 0 Å². The molecule has 2 N–H and O–H groups in total. The zero-order valence-corrected chi connectivity index (χ0v) is 9.07. The molecule has 0 aromatic heterocycles. The zero-order chi connectivity index (χ0) is 11.0. The maximum atomic E-state index is 10.4. The predicted octanol–water partition coefficient (Wildman–Crippen LogP) is 0.944. The van der Waals surface area contributed by atoms with Gasteiger partial charge in [0.25, 0.3) is 0 Å². The van der Waals surface area contributed by atoms with E-state index in [2.05, 4.69) is 18.7 Å². The van der Waals surface area contributed by atoms with E-state index in [-0.39, 0.29) is 13.0 Å². The second-order valence-corrected chi connectivity index (χ2v) is 3.51. The van der Waals surface area contributed by atoms with Gasteiger partial charge in [-0.3, -0.25) is 4.79 Å². The van der Waals surface area contributed by atoms with E-state index >= 15 is 0 Å². The summed E-state index contributed by atoms with van der Waals surface area (Å²) in [5.41, 5.74) is 0. The molecule has 4 heteroatoms. The fourth-order valence-corrected chi connectivity index (χ4v) is 1.32. The number of hydrogen-bond donors (Lipinski definition) is 2. The van der Waals surface area contributed by atoms with E-state index in [0.717, 1.165) is 13.0 Å². The molecule has 4 nitrogen and oxygen atoms in total. The Kier molecular flexibility index (Phi) is 7.42. The highest BCUT2D eigenvalue weighted by Gasteiger charge is 2.12. The molecule has 0 aromatic rings. The van der Waals surface area contributed by atoms with Gasteiger partial charge in [0, 0.05) is 25.7 Å². The van der Waals surface area contributed by atoms with Gasteiger partial charge < -0.3 is 15.1 Å². The van der Waals surface area contributed by atoms with Gasteiger partial charge in [0.05, 0.1) is 6.42 Å². The third-order valence-electron chi connectivity index (χ3n) is 2.43. The van der Waals surface area contributed by atoms with Crippen LogP contribution in [0.4, 0.5) is 0 Å². The van der Waals surface area contributed by atoms with Crippen LogP contribution in [-0.4, -0.2) is 46.8 Å². The van der Waals surface area contributed by atoms with Gasteiger partial charge >= 0.3 is 5.97 Å². The summed E-state index contributed by atoms with van der Waals surface area (Å²) in [7, 11) is 0. The smallest absolute Gasteiger partial charge is 0.304 e. The van der Waals surface area contributed by atoms with Crippen molar-refractivity contribution in [2.75, 3.05) is 19.7 Å². The summed E-state index contributed by atoms with van der Waals surface area (Å²) in [6, 6.07) is 0.390. The van der Waals surface area contributed by atoms with Crippen LogP contribution >= 0.6 is 0 Å². The maximum absolute atomic E-state index is 10.4. The zero-order valence-electron chi connectivity index (χ0n) is 9.07. The first-order chi connectivity index (χ1) is 6.61. The second kappa shape index (κ2) is 7.76. The third kappa shape index (κ3) is 5.94. The largest absolute Gasteiger partial charge is 0.481 e. The van der Waals surface area contributed by atoms with Crippen LogP contribution in [0.3, 0.4) is 0 Å². The molecule has 0 aliphatic rings. The van der Waals surface area contributed by atoms with Crippen LogP contribution in [0.5, 0.6) is 0 Å². The molecule has 1 atom stereocenters. The van der Waals surface area contributed by atoms with Crippen molar-refractivity contribution in [1.82, 2.24) is 4.90 Å². The first-order valence-corrected chi connectivity index (χ1v) is 5.18. The number of rotatable bonds is 8. The Morgan fingerprint density at radius 3 is 2.50 bits per heavy atom. The first kappa shape index (κ1) is 13.4. The van der Waals surface area contributed by atoms with Crippen LogP contribution in [0.25, 0.3) is 0 Å². The molecule has 14 heavy (non-hydrogen) atoms. The first-order valence-electron chi connectivity index (χ1n) is 5.18. The normalized spacial score (nSPS) is 13.1. The second-order valence-electron chi connectivity index (χ2n) is 3.51. The molecule has 0 fully saturated rings. The van der Waals surface area contributed by atoms with Crippen LogP contribution < -0.4 is 0 Å². The molecule has 84 valence electrons. The fraction of sp³-hybridized carbons (Fsp3) is 0.900. The van der Waals surface area contributed by atoms with Crippen molar-refractivity contribution in [3.05, 3.63) is 0 Å². The van der Waals surface area contributed by atoms with Crippen LogP contribution in [0.2, 0.25) is 0 Å². The van der Waals surface area contributed by atoms with Gasteiger partial charge in [-0.2, -0.15) is 0 Å². The number of carboxylic acids is 1. The lowest BCUT2D eigenvalue weighted by Gasteiger charge is -2.27. The van der Waals surface area contributed by atoms with E-state index in [1.807, 2.05) is 0 Å². The molecular formula is C10H21NO3. The Bertz CT molecular complexity index is 161. The molecular weight excluding hydrogens is 182 g/mol. The van der Waals surface area contributed by atoms with Crippen LogP contribution in [-0.2, 0) is 4.79 Å². The summed E-state index contributed by atoms with van der Waals surface area (Å²) in [6.45, 7) is 5.68. The highest BCUT2D eigenvalue weighted by molar-refractivity contribution is 5.66. The monoisotopic (exact) mass is 203 g/mol. The summed E-state index contributed by atoms with van der Waals surface area (Å²) in [5, 5.41) is 17.3. The van der Waals surface area contributed by atoms with E-state index in [1.165, 1.54) is 0 Å². The average molecular weight is 203 g/mol. The van der Waals surface area contributed by atoms with E-state index in [9.17, 15) is 4.79 Å². The third-order valence-corrected chi connectivity index (χ3v) is 2.43. The Hall–Kier alpha value is -0.610. The van der Waals surface area contributed by atoms with Crippen molar-refractivity contribution in [2.45, 2.75) is 39.2 Å². The Morgan fingerprint density at radius 2 is 2.07 bits per heavy atom. The standard InChI is InChI=1S/C10H21NO3/c1-3-9(2)11(6-4-8-12)7-5-10(13)14/h9,12H,3-8H2,1-2H3,(H,13,14). The van der Waals surface area contributed by atoms with Crippen molar-refractivity contribution >= 4 is 5.97 Å². The molecule has 0 amide bonds. The molecule has 0 rings (SSSR count). The summed E-state index contributed by atoms with van der Waals surface area (Å²) in [4.78, 5) is 12.5. The maximum Gasteiger partial charge on any atom is 0.304 e. The lowest BCUT2D eigenvalue weighted by Crippen LogP contribution is -2.35. The van der Waals surface area contributed by atoms with Gasteiger partial charge in [-0.1, -0.05) is 6.92 Å². The van der Waals surface area contributed by atoms with E-state index < -0.39 is 5.97 Å². The predicted molar refractivity (Wildman–Crippen MR) is 55.3 cm³/mol. The fourth-order valence-electron chi connectivity index (χ4n) is 1.32. The number of nitrogens with zero attached hydrogens (tertiary/aromatic N) is 1. The Balaban J connectivity index is 3.89. The molecule has 0 aromatic carbocycles. The van der Waals surface area contributed by atoms with Gasteiger partial charge in [-0.25, -0.2) is 0 Å². The van der Waals surface area contributed by atoms with Crippen LogP contribution in [0.15, 0.2) is 0 Å². The van der Waals surface area contributed by atoms with Gasteiger partial charge in [0.1, 0.15) is 0 Å². The van der Waals surface area contributed by atoms with E-state index in [4.69, 9.17) is 10.2 Å². The summed E-state index contributed by atoms with van der Waals surface area (Å²) in [5.74, 6) is -0.762. The lowest BCUT2D eigenvalue weighted by atomic mass is 10.2. The number of hydrogen-bond acceptors (Lipinski definition) is 3. The molecule has 0 heterocycles. The lowest BCUT2D eigenvalue weighted by molar-refractivity contribution is -0.137. The van der Waals surface area contributed by atoms with Crippen molar-refractivity contribution < 1.29 is 15.0 Å². The number of carboxylic acid groups (broad SMARTS) is 1. The van der Waals surface area contributed by atoms with Crippen molar-refractivity contribution in [3.63, 3.8) is 0 Å². The average Bonchev–Trinajstić information content (AvgIpc) is 2.16. The Morgan fingerprint density at radius 1 is 1.43 bits per heavy atom. The van der Waals surface area contributed by atoms with Gasteiger partial charge in [0.15, 0.2) is 0 Å². The van der Waals surface area contributed by atoms with Crippen molar-refractivity contribution in [2.24, 2.45) is 0 Å². The highest BCUT2D eigenvalue weighted by Crippen LogP contribution is 2.05. The quantitative estimate of drug-likeness (QED) is 0.616. The minimum atomic E-state index is -0.762. The molecule has 0 saturated carbocycles. The molecule has 0 radical (unpaired) electrons. The Labute approximate surface area is 85.5 Å². The van der Waals surface area contributed by atoms with E-state index in [0.29, 0.717) is 19.0 Å². The minimum absolute atomic E-state index is 0.167. The number of aliphatic hydroxyl groups excluding tert-OH is 1. The molecule has 0 spiro atoms. The van der Waals surface area contributed by atoms with Gasteiger partial charge in [-0.05, 0) is 19.8 Å². The SMILES string of the molecule is CCC(C)N(CCCO)CCC(=O)O. The molecule has 0 saturated heterocycles. The summed E-state index contributed by atoms with van der Waals surface area (Å²) < 4.78 is 0. The van der Waals surface area contributed by atoms with Gasteiger partial charge in [0.2, 0.25) is 0 Å². The number of carbonyl (C=O) groups is 1. The summed E-state index contributed by atoms with van der Waals surface area (Å²) in [6.07, 6.45) is 1.89. The molecule has 0 aliphatic carbocycles. The molecule has 1 unspecified atom stereocenters. The van der Waals surface area contributed by atoms with Crippen LogP contribution in [0.1, 0.15) is 33.1 Å². The van der Waals surface area contributed by atoms with E-state index in [1.54, 1.807) is 0 Å². The molecule has 0 aliphatic heterocycles. The highest BCUT2D eigenvalue weighted by atomic mass is 16.4. The molecule has 0 bridgehead atoms. The van der Waals surface area contributed by atoms with Crippen molar-refractivity contribution in [3.8, 4) is 0 Å².